The second-order valence-corrected chi connectivity index (χ2v) is 7.58. The Morgan fingerprint density at radius 1 is 0.917 bits per heavy atom. The number of ether oxygens (including phenoxy) is 1. The van der Waals surface area contributed by atoms with Crippen LogP contribution in [0.4, 0.5) is 0 Å². The van der Waals surface area contributed by atoms with Crippen LogP contribution in [0, 0.1) is 5.92 Å². The summed E-state index contributed by atoms with van der Waals surface area (Å²) in [5, 5.41) is 0. The molecule has 0 spiro atoms. The number of alkyl halides is 1. The number of rotatable bonds is 15. The van der Waals surface area contributed by atoms with Gasteiger partial charge in [-0.25, -0.2) is 0 Å². The highest BCUT2D eigenvalue weighted by Crippen LogP contribution is 2.38. The van der Waals surface area contributed by atoms with Crippen LogP contribution >= 0.6 is 11.6 Å². The molecule has 0 saturated heterocycles. The first kappa shape index (κ1) is 26.2. The van der Waals surface area contributed by atoms with Gasteiger partial charge in [-0.3, -0.25) is 0 Å². The number of hydrogen-bond acceptors (Lipinski definition) is 1. The molecule has 0 aromatic carbocycles. The van der Waals surface area contributed by atoms with Crippen molar-refractivity contribution in [2.75, 3.05) is 13.7 Å². The van der Waals surface area contributed by atoms with Crippen LogP contribution in [-0.4, -0.2) is 18.6 Å². The molecule has 0 rings (SSSR count). The third-order valence-electron chi connectivity index (χ3n) is 5.00. The Hall–Kier alpha value is -0.0100. The summed E-state index contributed by atoms with van der Waals surface area (Å²) in [5.41, 5.74) is 0. The number of unbranched alkanes of at least 4 members (excludes halogenated alkanes) is 5. The van der Waals surface area contributed by atoms with Crippen LogP contribution in [0.1, 0.15) is 105 Å². The molecule has 0 aliphatic carbocycles. The zero-order chi connectivity index (χ0) is 18.7. The van der Waals surface area contributed by atoms with Crippen molar-refractivity contribution in [3.05, 3.63) is 12.7 Å². The fourth-order valence-corrected chi connectivity index (χ4v) is 3.35. The summed E-state index contributed by atoms with van der Waals surface area (Å²) < 4.78 is 5.20. The monoisotopic (exact) mass is 360 g/mol. The second kappa shape index (κ2) is 19.3. The van der Waals surface area contributed by atoms with Crippen molar-refractivity contribution >= 4 is 11.6 Å². The van der Waals surface area contributed by atoms with Crippen molar-refractivity contribution in [3.63, 3.8) is 0 Å². The molecule has 0 fully saturated rings. The third kappa shape index (κ3) is 14.3. The van der Waals surface area contributed by atoms with Crippen molar-refractivity contribution in [3.8, 4) is 0 Å². The highest BCUT2D eigenvalue weighted by molar-refractivity contribution is 6.24. The first-order chi connectivity index (χ1) is 11.6. The zero-order valence-corrected chi connectivity index (χ0v) is 18.1. The maximum Gasteiger partial charge on any atom is 0.0469 e. The standard InChI is InChI=1S/C18H37ClO.C4H8/c1-5-8-9-10-11-12-14-17(15-13-16-20-4)18(19,6-2)7-3;1-3-4-2/h17H,5-16H2,1-4H3;3H,1,4H2,2H3. The summed E-state index contributed by atoms with van der Waals surface area (Å²) in [7, 11) is 1.79. The molecule has 1 nitrogen and oxygen atoms in total. The van der Waals surface area contributed by atoms with Gasteiger partial charge in [0.15, 0.2) is 0 Å². The second-order valence-electron chi connectivity index (χ2n) is 6.83. The molecule has 0 bridgehead atoms. The largest absolute Gasteiger partial charge is 0.385 e. The lowest BCUT2D eigenvalue weighted by molar-refractivity contribution is 0.177. The van der Waals surface area contributed by atoms with Crippen molar-refractivity contribution in [1.82, 2.24) is 0 Å². The summed E-state index contributed by atoms with van der Waals surface area (Å²) in [6.45, 7) is 13.2. The highest BCUT2D eigenvalue weighted by Gasteiger charge is 2.32. The van der Waals surface area contributed by atoms with Gasteiger partial charge in [0, 0.05) is 18.6 Å². The minimum atomic E-state index is 0.0111. The van der Waals surface area contributed by atoms with E-state index in [2.05, 4.69) is 34.3 Å². The van der Waals surface area contributed by atoms with Crippen LogP contribution in [0.2, 0.25) is 0 Å². The van der Waals surface area contributed by atoms with E-state index in [1.54, 1.807) is 7.11 Å². The number of allylic oxidation sites excluding steroid dienone is 1. The van der Waals surface area contributed by atoms with E-state index >= 15 is 0 Å². The average Bonchev–Trinajstić information content (AvgIpc) is 2.62. The highest BCUT2D eigenvalue weighted by atomic mass is 35.5. The van der Waals surface area contributed by atoms with E-state index in [0.29, 0.717) is 5.92 Å². The summed E-state index contributed by atoms with van der Waals surface area (Å²) in [6.07, 6.45) is 17.0. The van der Waals surface area contributed by atoms with Gasteiger partial charge in [0.2, 0.25) is 0 Å². The molecule has 0 aromatic rings. The molecule has 1 unspecified atom stereocenters. The van der Waals surface area contributed by atoms with E-state index in [9.17, 15) is 0 Å². The molecule has 146 valence electrons. The average molecular weight is 361 g/mol. The SMILES string of the molecule is C=CCC.CCCCCCCCC(CCCOC)C(Cl)(CC)CC. The maximum atomic E-state index is 6.87. The Kier molecular flexibility index (Phi) is 21.1. The van der Waals surface area contributed by atoms with Crippen molar-refractivity contribution in [1.29, 1.82) is 0 Å². The lowest BCUT2D eigenvalue weighted by Gasteiger charge is -2.34. The van der Waals surface area contributed by atoms with E-state index < -0.39 is 0 Å². The van der Waals surface area contributed by atoms with Crippen LogP contribution < -0.4 is 0 Å². The van der Waals surface area contributed by atoms with Gasteiger partial charge < -0.3 is 4.74 Å². The van der Waals surface area contributed by atoms with Crippen molar-refractivity contribution < 1.29 is 4.74 Å². The van der Waals surface area contributed by atoms with E-state index in [-0.39, 0.29) is 4.87 Å². The molecule has 0 heterocycles. The Morgan fingerprint density at radius 3 is 1.88 bits per heavy atom. The van der Waals surface area contributed by atoms with Gasteiger partial charge in [0.1, 0.15) is 0 Å². The van der Waals surface area contributed by atoms with Gasteiger partial charge in [0.05, 0.1) is 0 Å². The third-order valence-corrected chi connectivity index (χ3v) is 5.85. The van der Waals surface area contributed by atoms with E-state index in [0.717, 1.165) is 32.3 Å². The van der Waals surface area contributed by atoms with Crippen LogP contribution in [0.3, 0.4) is 0 Å². The van der Waals surface area contributed by atoms with E-state index in [1.165, 1.54) is 51.4 Å². The Morgan fingerprint density at radius 2 is 1.42 bits per heavy atom. The van der Waals surface area contributed by atoms with Crippen molar-refractivity contribution in [2.24, 2.45) is 5.92 Å². The quantitative estimate of drug-likeness (QED) is 0.162. The molecule has 24 heavy (non-hydrogen) atoms. The molecule has 1 atom stereocenters. The molecule has 0 amide bonds. The molecule has 0 aliphatic heterocycles. The van der Waals surface area contributed by atoms with Crippen LogP contribution in [0.5, 0.6) is 0 Å². The summed E-state index contributed by atoms with van der Waals surface area (Å²) in [5.74, 6) is 0.653. The van der Waals surface area contributed by atoms with Crippen LogP contribution in [0.15, 0.2) is 12.7 Å². The molecular formula is C22H45ClO. The van der Waals surface area contributed by atoms with Crippen molar-refractivity contribution in [2.45, 2.75) is 110 Å². The Labute approximate surface area is 158 Å². The fraction of sp³-hybridized carbons (Fsp3) is 0.909. The minimum Gasteiger partial charge on any atom is -0.385 e. The van der Waals surface area contributed by atoms with E-state index in [1.807, 2.05) is 6.08 Å². The maximum absolute atomic E-state index is 6.87. The van der Waals surface area contributed by atoms with E-state index in [4.69, 9.17) is 16.3 Å². The Balaban J connectivity index is 0. The lowest BCUT2D eigenvalue weighted by atomic mass is 9.80. The first-order valence-electron chi connectivity index (χ1n) is 10.3. The molecule has 0 aromatic heterocycles. The number of hydrogen-bond donors (Lipinski definition) is 0. The lowest BCUT2D eigenvalue weighted by Crippen LogP contribution is -2.31. The molecular weight excluding hydrogens is 316 g/mol. The summed E-state index contributed by atoms with van der Waals surface area (Å²) >= 11 is 6.87. The van der Waals surface area contributed by atoms with Gasteiger partial charge in [-0.2, -0.15) is 0 Å². The molecule has 0 N–H and O–H groups in total. The summed E-state index contributed by atoms with van der Waals surface area (Å²) in [6, 6.07) is 0. The fourth-order valence-electron chi connectivity index (χ4n) is 3.13. The number of halogens is 1. The number of methoxy groups -OCH3 is 1. The normalized spacial score (nSPS) is 12.4. The van der Waals surface area contributed by atoms with Gasteiger partial charge in [-0.1, -0.05) is 72.3 Å². The van der Waals surface area contributed by atoms with Gasteiger partial charge in [0.25, 0.3) is 0 Å². The predicted molar refractivity (Wildman–Crippen MR) is 112 cm³/mol. The molecule has 0 saturated carbocycles. The van der Waals surface area contributed by atoms with Gasteiger partial charge in [-0.15, -0.1) is 18.2 Å². The Bertz CT molecular complexity index is 248. The first-order valence-corrected chi connectivity index (χ1v) is 10.7. The topological polar surface area (TPSA) is 9.23 Å². The van der Waals surface area contributed by atoms with Gasteiger partial charge in [-0.05, 0) is 44.4 Å². The zero-order valence-electron chi connectivity index (χ0n) is 17.3. The van der Waals surface area contributed by atoms with Crippen LogP contribution in [-0.2, 0) is 4.74 Å². The minimum absolute atomic E-state index is 0.0111. The van der Waals surface area contributed by atoms with Crippen LogP contribution in [0.25, 0.3) is 0 Å². The summed E-state index contributed by atoms with van der Waals surface area (Å²) in [4.78, 5) is 0.0111. The smallest absolute Gasteiger partial charge is 0.0469 e. The van der Waals surface area contributed by atoms with Gasteiger partial charge >= 0.3 is 0 Å². The molecule has 0 aliphatic rings. The molecule has 0 radical (unpaired) electrons. The predicted octanol–water partition coefficient (Wildman–Crippen LogP) is 8.16. The molecule has 2 heteroatoms.